The van der Waals surface area contributed by atoms with Gasteiger partial charge in [0.15, 0.2) is 0 Å². The number of benzene rings is 2. The van der Waals surface area contributed by atoms with Crippen molar-refractivity contribution in [2.45, 2.75) is 9.79 Å². The summed E-state index contributed by atoms with van der Waals surface area (Å²) in [5.74, 6) is -0.247. The summed E-state index contributed by atoms with van der Waals surface area (Å²) in [7, 11) is 0. The van der Waals surface area contributed by atoms with Gasteiger partial charge in [-0.1, -0.05) is 23.4 Å². The molecule has 1 nitrogen and oxygen atoms in total. The first-order valence-electron chi connectivity index (χ1n) is 4.63. The van der Waals surface area contributed by atoms with Crippen LogP contribution in [-0.4, -0.2) is 0 Å². The molecule has 0 bridgehead atoms. The SMILES string of the molecule is Nc1ccc(Cl)cc1Sc1ccc(F)cc1. The molecule has 82 valence electrons. The van der Waals surface area contributed by atoms with Crippen LogP contribution < -0.4 is 5.73 Å². The lowest BCUT2D eigenvalue weighted by atomic mass is 10.3. The fourth-order valence-corrected chi connectivity index (χ4v) is 2.36. The first-order valence-corrected chi connectivity index (χ1v) is 5.83. The van der Waals surface area contributed by atoms with Crippen molar-refractivity contribution in [1.29, 1.82) is 0 Å². The van der Waals surface area contributed by atoms with Crippen LogP contribution in [0, 0.1) is 5.82 Å². The van der Waals surface area contributed by atoms with E-state index in [4.69, 9.17) is 17.3 Å². The van der Waals surface area contributed by atoms with Crippen LogP contribution in [0.15, 0.2) is 52.3 Å². The molecule has 4 heteroatoms. The van der Waals surface area contributed by atoms with Gasteiger partial charge in [-0.05, 0) is 42.5 Å². The monoisotopic (exact) mass is 253 g/mol. The van der Waals surface area contributed by atoms with Gasteiger partial charge in [0.2, 0.25) is 0 Å². The second-order valence-corrected chi connectivity index (χ2v) is 4.79. The number of rotatable bonds is 2. The lowest BCUT2D eigenvalue weighted by Crippen LogP contribution is -1.87. The predicted octanol–water partition coefficient (Wildman–Crippen LogP) is 4.21. The van der Waals surface area contributed by atoms with E-state index in [-0.39, 0.29) is 5.82 Å². The molecule has 0 unspecified atom stereocenters. The fraction of sp³-hybridized carbons (Fsp3) is 0. The van der Waals surface area contributed by atoms with Gasteiger partial charge in [-0.15, -0.1) is 0 Å². The minimum atomic E-state index is -0.247. The zero-order chi connectivity index (χ0) is 11.5. The van der Waals surface area contributed by atoms with Gasteiger partial charge < -0.3 is 5.73 Å². The van der Waals surface area contributed by atoms with Gasteiger partial charge in [0.25, 0.3) is 0 Å². The molecule has 0 atom stereocenters. The van der Waals surface area contributed by atoms with Crippen molar-refractivity contribution in [2.24, 2.45) is 0 Å². The third-order valence-electron chi connectivity index (χ3n) is 2.02. The van der Waals surface area contributed by atoms with E-state index < -0.39 is 0 Å². The van der Waals surface area contributed by atoms with Gasteiger partial charge in [0, 0.05) is 20.5 Å². The summed E-state index contributed by atoms with van der Waals surface area (Å²) in [5.41, 5.74) is 6.48. The van der Waals surface area contributed by atoms with Crippen molar-refractivity contribution in [1.82, 2.24) is 0 Å². The average Bonchev–Trinajstić information content (AvgIpc) is 2.27. The number of hydrogen-bond donors (Lipinski definition) is 1. The molecular formula is C12H9ClFNS. The Labute approximate surface area is 102 Å². The molecule has 0 saturated heterocycles. The minimum absolute atomic E-state index is 0.247. The van der Waals surface area contributed by atoms with E-state index in [1.807, 2.05) is 0 Å². The van der Waals surface area contributed by atoms with Crippen LogP contribution in [0.25, 0.3) is 0 Å². The van der Waals surface area contributed by atoms with E-state index in [9.17, 15) is 4.39 Å². The molecule has 0 saturated carbocycles. The smallest absolute Gasteiger partial charge is 0.123 e. The van der Waals surface area contributed by atoms with Crippen molar-refractivity contribution >= 4 is 29.1 Å². The lowest BCUT2D eigenvalue weighted by molar-refractivity contribution is 0.626. The van der Waals surface area contributed by atoms with E-state index in [1.165, 1.54) is 23.9 Å². The third kappa shape index (κ3) is 2.68. The summed E-state index contributed by atoms with van der Waals surface area (Å²) < 4.78 is 12.7. The number of nitrogen functional groups attached to an aromatic ring is 1. The van der Waals surface area contributed by atoms with Gasteiger partial charge in [0.05, 0.1) is 0 Å². The van der Waals surface area contributed by atoms with Gasteiger partial charge in [-0.2, -0.15) is 0 Å². The van der Waals surface area contributed by atoms with E-state index in [1.54, 1.807) is 30.3 Å². The van der Waals surface area contributed by atoms with E-state index in [0.29, 0.717) is 10.7 Å². The number of halogens is 2. The molecule has 2 aromatic carbocycles. The van der Waals surface area contributed by atoms with Crippen LogP contribution in [0.3, 0.4) is 0 Å². The normalized spacial score (nSPS) is 10.4. The maximum Gasteiger partial charge on any atom is 0.123 e. The molecule has 0 aliphatic heterocycles. The molecule has 2 aromatic rings. The Hall–Kier alpha value is -1.19. The molecule has 0 fully saturated rings. The molecule has 0 heterocycles. The van der Waals surface area contributed by atoms with Gasteiger partial charge in [-0.3, -0.25) is 0 Å². The Morgan fingerprint density at radius 2 is 1.75 bits per heavy atom. The summed E-state index contributed by atoms with van der Waals surface area (Å²) in [6.07, 6.45) is 0. The topological polar surface area (TPSA) is 26.0 Å². The highest BCUT2D eigenvalue weighted by Gasteiger charge is 2.03. The largest absolute Gasteiger partial charge is 0.398 e. The zero-order valence-electron chi connectivity index (χ0n) is 8.28. The Bertz CT molecular complexity index is 499. The second-order valence-electron chi connectivity index (χ2n) is 3.24. The average molecular weight is 254 g/mol. The van der Waals surface area contributed by atoms with Gasteiger partial charge in [0.1, 0.15) is 5.82 Å². The highest BCUT2D eigenvalue weighted by Crippen LogP contribution is 2.33. The van der Waals surface area contributed by atoms with Crippen molar-refractivity contribution < 1.29 is 4.39 Å². The number of nitrogens with two attached hydrogens (primary N) is 1. The quantitative estimate of drug-likeness (QED) is 0.812. The van der Waals surface area contributed by atoms with Crippen LogP contribution in [0.2, 0.25) is 5.02 Å². The molecule has 0 aliphatic carbocycles. The Morgan fingerprint density at radius 3 is 2.44 bits per heavy atom. The molecule has 16 heavy (non-hydrogen) atoms. The molecule has 0 aliphatic rings. The molecule has 2 rings (SSSR count). The first-order chi connectivity index (χ1) is 7.65. The Morgan fingerprint density at radius 1 is 1.06 bits per heavy atom. The maximum atomic E-state index is 12.7. The van der Waals surface area contributed by atoms with E-state index in [2.05, 4.69) is 0 Å². The fourth-order valence-electron chi connectivity index (χ4n) is 1.23. The van der Waals surface area contributed by atoms with Gasteiger partial charge in [-0.25, -0.2) is 4.39 Å². The van der Waals surface area contributed by atoms with Crippen molar-refractivity contribution in [3.63, 3.8) is 0 Å². The second kappa shape index (κ2) is 4.76. The van der Waals surface area contributed by atoms with Crippen molar-refractivity contribution in [2.75, 3.05) is 5.73 Å². The van der Waals surface area contributed by atoms with E-state index in [0.717, 1.165) is 9.79 Å². The van der Waals surface area contributed by atoms with E-state index >= 15 is 0 Å². The Kier molecular flexibility index (Phi) is 3.36. The zero-order valence-corrected chi connectivity index (χ0v) is 9.86. The summed E-state index contributed by atoms with van der Waals surface area (Å²) in [5, 5.41) is 0.638. The molecular weight excluding hydrogens is 245 g/mol. The molecule has 0 radical (unpaired) electrons. The number of hydrogen-bond acceptors (Lipinski definition) is 2. The summed E-state index contributed by atoms with van der Waals surface area (Å²) in [4.78, 5) is 1.80. The summed E-state index contributed by atoms with van der Waals surface area (Å²) >= 11 is 7.34. The molecule has 2 N–H and O–H groups in total. The van der Waals surface area contributed by atoms with Crippen LogP contribution in [-0.2, 0) is 0 Å². The van der Waals surface area contributed by atoms with Crippen LogP contribution >= 0.6 is 23.4 Å². The predicted molar refractivity (Wildman–Crippen MR) is 66.4 cm³/mol. The lowest BCUT2D eigenvalue weighted by Gasteiger charge is -2.05. The summed E-state index contributed by atoms with van der Waals surface area (Å²) in [6.45, 7) is 0. The highest BCUT2D eigenvalue weighted by molar-refractivity contribution is 7.99. The molecule has 0 amide bonds. The third-order valence-corrected chi connectivity index (χ3v) is 3.33. The minimum Gasteiger partial charge on any atom is -0.398 e. The number of anilines is 1. The van der Waals surface area contributed by atoms with Gasteiger partial charge >= 0.3 is 0 Å². The summed E-state index contributed by atoms with van der Waals surface area (Å²) in [6, 6.07) is 11.6. The van der Waals surface area contributed by atoms with Crippen molar-refractivity contribution in [3.05, 3.63) is 53.3 Å². The van der Waals surface area contributed by atoms with Crippen LogP contribution in [0.5, 0.6) is 0 Å². The maximum absolute atomic E-state index is 12.7. The Balaban J connectivity index is 2.26. The standard InChI is InChI=1S/C12H9ClFNS/c13-8-1-6-11(15)12(7-8)16-10-4-2-9(14)3-5-10/h1-7H,15H2. The first kappa shape index (κ1) is 11.3. The van der Waals surface area contributed by atoms with Crippen LogP contribution in [0.4, 0.5) is 10.1 Å². The molecule has 0 spiro atoms. The van der Waals surface area contributed by atoms with Crippen molar-refractivity contribution in [3.8, 4) is 0 Å². The molecule has 0 aromatic heterocycles. The highest BCUT2D eigenvalue weighted by atomic mass is 35.5. The van der Waals surface area contributed by atoms with Crippen LogP contribution in [0.1, 0.15) is 0 Å².